The zero-order chi connectivity index (χ0) is 15.7. The van der Waals surface area contributed by atoms with E-state index in [1.165, 1.54) is 4.90 Å². The minimum Gasteiger partial charge on any atom is -0.462 e. The Kier molecular flexibility index (Phi) is 3.83. The predicted molar refractivity (Wildman–Crippen MR) is 83.1 cm³/mol. The first-order valence-corrected chi connectivity index (χ1v) is 7.50. The number of esters is 1. The average molecular weight is 301 g/mol. The molecule has 1 aromatic carbocycles. The molecule has 116 valence electrons. The van der Waals surface area contributed by atoms with Gasteiger partial charge in [0.05, 0.1) is 11.8 Å². The molecule has 3 rings (SSSR count). The number of carbonyl (C=O) groups is 2. The van der Waals surface area contributed by atoms with Gasteiger partial charge in [0.15, 0.2) is 0 Å². The van der Waals surface area contributed by atoms with Crippen molar-refractivity contribution in [3.63, 3.8) is 0 Å². The SMILES string of the molecule is CC(C)OC(=O)CN1C(=O)N2CCCN=C2c2ccccc21. The van der Waals surface area contributed by atoms with Gasteiger partial charge in [0, 0.05) is 18.7 Å². The van der Waals surface area contributed by atoms with Crippen LogP contribution in [0.5, 0.6) is 0 Å². The smallest absolute Gasteiger partial charge is 0.330 e. The van der Waals surface area contributed by atoms with E-state index < -0.39 is 5.97 Å². The second-order valence-electron chi connectivity index (χ2n) is 5.64. The van der Waals surface area contributed by atoms with E-state index in [-0.39, 0.29) is 18.7 Å². The Morgan fingerprint density at radius 3 is 2.91 bits per heavy atom. The molecule has 0 aromatic heterocycles. The van der Waals surface area contributed by atoms with E-state index in [1.807, 2.05) is 24.3 Å². The second kappa shape index (κ2) is 5.79. The van der Waals surface area contributed by atoms with Crippen LogP contribution in [0.1, 0.15) is 25.8 Å². The Morgan fingerprint density at radius 1 is 1.36 bits per heavy atom. The van der Waals surface area contributed by atoms with Gasteiger partial charge in [-0.25, -0.2) is 4.79 Å². The number of para-hydroxylation sites is 1. The number of rotatable bonds is 3. The van der Waals surface area contributed by atoms with Gasteiger partial charge in [-0.1, -0.05) is 12.1 Å². The topological polar surface area (TPSA) is 62.2 Å². The van der Waals surface area contributed by atoms with E-state index in [4.69, 9.17) is 4.74 Å². The van der Waals surface area contributed by atoms with Crippen molar-refractivity contribution >= 4 is 23.5 Å². The molecule has 22 heavy (non-hydrogen) atoms. The highest BCUT2D eigenvalue weighted by Gasteiger charge is 2.37. The lowest BCUT2D eigenvalue weighted by Crippen LogP contribution is -2.54. The van der Waals surface area contributed by atoms with E-state index in [0.29, 0.717) is 18.1 Å². The third kappa shape index (κ3) is 2.56. The molecule has 0 saturated carbocycles. The Morgan fingerprint density at radius 2 is 2.14 bits per heavy atom. The number of fused-ring (bicyclic) bond motifs is 3. The van der Waals surface area contributed by atoms with Crippen LogP contribution in [0.15, 0.2) is 29.3 Å². The van der Waals surface area contributed by atoms with E-state index in [1.54, 1.807) is 18.7 Å². The van der Waals surface area contributed by atoms with Crippen LogP contribution < -0.4 is 4.90 Å². The van der Waals surface area contributed by atoms with Crippen LogP contribution in [0.25, 0.3) is 0 Å². The molecule has 6 heteroatoms. The van der Waals surface area contributed by atoms with Crippen LogP contribution in [0.2, 0.25) is 0 Å². The van der Waals surface area contributed by atoms with E-state index in [2.05, 4.69) is 4.99 Å². The number of benzene rings is 1. The van der Waals surface area contributed by atoms with Crippen molar-refractivity contribution in [2.75, 3.05) is 24.5 Å². The lowest BCUT2D eigenvalue weighted by Gasteiger charge is -2.38. The van der Waals surface area contributed by atoms with Crippen LogP contribution in [0.3, 0.4) is 0 Å². The lowest BCUT2D eigenvalue weighted by atomic mass is 10.1. The zero-order valence-corrected chi connectivity index (χ0v) is 12.8. The van der Waals surface area contributed by atoms with E-state index in [0.717, 1.165) is 18.5 Å². The van der Waals surface area contributed by atoms with Gasteiger partial charge in [0.1, 0.15) is 12.4 Å². The largest absolute Gasteiger partial charge is 0.462 e. The molecule has 0 spiro atoms. The summed E-state index contributed by atoms with van der Waals surface area (Å²) in [6, 6.07) is 7.32. The number of ether oxygens (including phenoxy) is 1. The molecule has 1 aromatic rings. The molecular formula is C16H19N3O3. The molecule has 0 saturated heterocycles. The first kappa shape index (κ1) is 14.6. The number of carbonyl (C=O) groups excluding carboxylic acids is 2. The molecule has 6 nitrogen and oxygen atoms in total. The molecule has 0 radical (unpaired) electrons. The summed E-state index contributed by atoms with van der Waals surface area (Å²) in [5, 5.41) is 0. The molecule has 0 unspecified atom stereocenters. The van der Waals surface area contributed by atoms with Crippen molar-refractivity contribution in [2.45, 2.75) is 26.4 Å². The van der Waals surface area contributed by atoms with Gasteiger partial charge in [-0.05, 0) is 32.4 Å². The summed E-state index contributed by atoms with van der Waals surface area (Å²) in [4.78, 5) is 32.3. The van der Waals surface area contributed by atoms with Gasteiger partial charge in [-0.3, -0.25) is 19.6 Å². The van der Waals surface area contributed by atoms with Gasteiger partial charge in [0.25, 0.3) is 0 Å². The van der Waals surface area contributed by atoms with Crippen molar-refractivity contribution in [1.29, 1.82) is 0 Å². The summed E-state index contributed by atoms with van der Waals surface area (Å²) in [6.45, 7) is 4.85. The molecule has 2 heterocycles. The fraction of sp³-hybridized carbons (Fsp3) is 0.438. The summed E-state index contributed by atoms with van der Waals surface area (Å²) in [5.74, 6) is 0.302. The van der Waals surface area contributed by atoms with Gasteiger partial charge >= 0.3 is 12.0 Å². The zero-order valence-electron chi connectivity index (χ0n) is 12.8. The van der Waals surface area contributed by atoms with Gasteiger partial charge in [0.2, 0.25) is 0 Å². The van der Waals surface area contributed by atoms with Crippen molar-refractivity contribution in [3.8, 4) is 0 Å². The highest BCUT2D eigenvalue weighted by molar-refractivity contribution is 6.20. The molecule has 0 bridgehead atoms. The number of hydrogen-bond donors (Lipinski definition) is 0. The first-order valence-electron chi connectivity index (χ1n) is 7.50. The Hall–Kier alpha value is -2.37. The number of urea groups is 1. The quantitative estimate of drug-likeness (QED) is 0.803. The molecule has 0 aliphatic carbocycles. The molecule has 0 atom stereocenters. The highest BCUT2D eigenvalue weighted by Crippen LogP contribution is 2.30. The van der Waals surface area contributed by atoms with Crippen LogP contribution in [0.4, 0.5) is 10.5 Å². The van der Waals surface area contributed by atoms with Crippen molar-refractivity contribution in [1.82, 2.24) is 4.90 Å². The van der Waals surface area contributed by atoms with Gasteiger partial charge in [-0.2, -0.15) is 0 Å². The Balaban J connectivity index is 1.96. The maximum absolute atomic E-state index is 12.7. The summed E-state index contributed by atoms with van der Waals surface area (Å²) < 4.78 is 5.17. The summed E-state index contributed by atoms with van der Waals surface area (Å²) in [5.41, 5.74) is 1.60. The van der Waals surface area contributed by atoms with Crippen molar-refractivity contribution in [3.05, 3.63) is 29.8 Å². The van der Waals surface area contributed by atoms with Crippen molar-refractivity contribution in [2.24, 2.45) is 4.99 Å². The molecule has 2 aliphatic rings. The summed E-state index contributed by atoms with van der Waals surface area (Å²) in [6.07, 6.45) is 0.636. The maximum Gasteiger partial charge on any atom is 0.330 e. The van der Waals surface area contributed by atoms with E-state index in [9.17, 15) is 9.59 Å². The number of amidine groups is 1. The normalized spacial score (nSPS) is 17.0. The van der Waals surface area contributed by atoms with Crippen LogP contribution in [-0.2, 0) is 9.53 Å². The van der Waals surface area contributed by atoms with Gasteiger partial charge in [-0.15, -0.1) is 0 Å². The fourth-order valence-electron chi connectivity index (χ4n) is 2.75. The number of anilines is 1. The second-order valence-corrected chi connectivity index (χ2v) is 5.64. The monoisotopic (exact) mass is 301 g/mol. The fourth-order valence-corrected chi connectivity index (χ4v) is 2.75. The summed E-state index contributed by atoms with van der Waals surface area (Å²) >= 11 is 0. The minimum absolute atomic E-state index is 0.0855. The Labute approximate surface area is 129 Å². The standard InChI is InChI=1S/C16H19N3O3/c1-11(2)22-14(20)10-19-13-7-4-3-6-12(13)15-17-8-5-9-18(15)16(19)21/h3-4,6-7,11H,5,8-10H2,1-2H3. The number of nitrogens with zero attached hydrogens (tertiary/aromatic N) is 3. The van der Waals surface area contributed by atoms with Gasteiger partial charge < -0.3 is 4.74 Å². The summed E-state index contributed by atoms with van der Waals surface area (Å²) in [7, 11) is 0. The number of hydrogen-bond acceptors (Lipinski definition) is 4. The third-order valence-corrected chi connectivity index (χ3v) is 3.61. The average Bonchev–Trinajstić information content (AvgIpc) is 2.51. The molecule has 2 amide bonds. The predicted octanol–water partition coefficient (Wildman–Crippen LogP) is 2.03. The minimum atomic E-state index is -0.407. The highest BCUT2D eigenvalue weighted by atomic mass is 16.5. The molecular weight excluding hydrogens is 282 g/mol. The number of amides is 2. The van der Waals surface area contributed by atoms with Crippen LogP contribution in [-0.4, -0.2) is 48.5 Å². The Bertz CT molecular complexity index is 639. The molecule has 2 aliphatic heterocycles. The van der Waals surface area contributed by atoms with Crippen LogP contribution in [0, 0.1) is 0 Å². The molecule has 0 N–H and O–H groups in total. The lowest BCUT2D eigenvalue weighted by molar-refractivity contribution is -0.145. The maximum atomic E-state index is 12.7. The third-order valence-electron chi connectivity index (χ3n) is 3.61. The number of aliphatic imine (C=N–C) groups is 1. The van der Waals surface area contributed by atoms with Crippen LogP contribution >= 0.6 is 0 Å². The molecule has 0 fully saturated rings. The van der Waals surface area contributed by atoms with E-state index >= 15 is 0 Å². The first-order chi connectivity index (χ1) is 10.6. The van der Waals surface area contributed by atoms with Crippen molar-refractivity contribution < 1.29 is 14.3 Å².